The molecule has 0 radical (unpaired) electrons. The number of amides is 1. The molecule has 148 valence electrons. The largest absolute Gasteiger partial charge is 0.486 e. The van der Waals surface area contributed by atoms with E-state index in [1.54, 1.807) is 48.5 Å². The van der Waals surface area contributed by atoms with Crippen LogP contribution in [0.4, 0.5) is 5.69 Å². The molecule has 1 aromatic heterocycles. The highest BCUT2D eigenvalue weighted by Gasteiger charge is 2.14. The number of fused-ring (bicyclic) bond motifs is 1. The minimum Gasteiger partial charge on any atom is -0.486 e. The Morgan fingerprint density at radius 1 is 1.10 bits per heavy atom. The minimum absolute atomic E-state index is 0.0661. The highest BCUT2D eigenvalue weighted by Crippen LogP contribution is 2.20. The summed E-state index contributed by atoms with van der Waals surface area (Å²) in [5.74, 6) is 1.07. The molecule has 0 aliphatic heterocycles. The van der Waals surface area contributed by atoms with Crippen LogP contribution in [0.1, 0.15) is 11.4 Å². The first-order valence-corrected chi connectivity index (χ1v) is 9.63. The number of benzene rings is 3. The van der Waals surface area contributed by atoms with Crippen molar-refractivity contribution in [3.63, 3.8) is 0 Å². The fourth-order valence-corrected chi connectivity index (χ4v) is 3.23. The number of carbonyl (C=O) groups is 1. The third-order valence-electron chi connectivity index (χ3n) is 4.49. The predicted molar refractivity (Wildman–Crippen MR) is 115 cm³/mol. The summed E-state index contributed by atoms with van der Waals surface area (Å²) in [4.78, 5) is 17.3. The van der Waals surface area contributed by atoms with Crippen LogP contribution in [0.25, 0.3) is 11.0 Å². The van der Waals surface area contributed by atoms with Crippen molar-refractivity contribution in [3.8, 4) is 11.8 Å². The van der Waals surface area contributed by atoms with E-state index in [1.165, 1.54) is 0 Å². The third-order valence-corrected chi connectivity index (χ3v) is 4.74. The summed E-state index contributed by atoms with van der Waals surface area (Å²) < 4.78 is 7.67. The van der Waals surface area contributed by atoms with E-state index >= 15 is 0 Å². The molecule has 4 rings (SSSR count). The Bertz CT molecular complexity index is 1240. The lowest BCUT2D eigenvalue weighted by atomic mass is 10.2. The van der Waals surface area contributed by atoms with Gasteiger partial charge in [0.2, 0.25) is 5.91 Å². The van der Waals surface area contributed by atoms with Gasteiger partial charge in [0.15, 0.2) is 0 Å². The average Bonchev–Trinajstić information content (AvgIpc) is 3.11. The van der Waals surface area contributed by atoms with Gasteiger partial charge in [-0.1, -0.05) is 29.8 Å². The molecule has 30 heavy (non-hydrogen) atoms. The van der Waals surface area contributed by atoms with E-state index < -0.39 is 0 Å². The number of imidazole rings is 1. The maximum Gasteiger partial charge on any atom is 0.244 e. The van der Waals surface area contributed by atoms with Crippen molar-refractivity contribution < 1.29 is 9.53 Å². The quantitative estimate of drug-likeness (QED) is 0.490. The molecule has 6 nitrogen and oxygen atoms in total. The highest BCUT2D eigenvalue weighted by atomic mass is 35.5. The van der Waals surface area contributed by atoms with Crippen LogP contribution >= 0.6 is 11.6 Å². The molecule has 0 atom stereocenters. The van der Waals surface area contributed by atoms with Gasteiger partial charge in [0.05, 0.1) is 22.7 Å². The normalized spacial score (nSPS) is 10.5. The van der Waals surface area contributed by atoms with Crippen LogP contribution in [0.3, 0.4) is 0 Å². The minimum atomic E-state index is -0.221. The van der Waals surface area contributed by atoms with Crippen molar-refractivity contribution >= 4 is 34.2 Å². The molecule has 7 heteroatoms. The number of carbonyl (C=O) groups excluding carboxylic acids is 1. The zero-order chi connectivity index (χ0) is 20.9. The molecule has 0 fully saturated rings. The maximum absolute atomic E-state index is 12.7. The molecule has 1 amide bonds. The van der Waals surface area contributed by atoms with Gasteiger partial charge in [-0.15, -0.1) is 0 Å². The van der Waals surface area contributed by atoms with Crippen LogP contribution in [0, 0.1) is 11.3 Å². The molecular formula is C23H17ClN4O2. The van der Waals surface area contributed by atoms with Gasteiger partial charge in [0.25, 0.3) is 0 Å². The van der Waals surface area contributed by atoms with Gasteiger partial charge in [-0.25, -0.2) is 4.98 Å². The van der Waals surface area contributed by atoms with Crippen molar-refractivity contribution in [1.29, 1.82) is 5.26 Å². The Hall–Kier alpha value is -3.82. The zero-order valence-electron chi connectivity index (χ0n) is 15.9. The molecule has 0 unspecified atom stereocenters. The van der Waals surface area contributed by atoms with Crippen LogP contribution in [0.15, 0.2) is 72.8 Å². The SMILES string of the molecule is N#Cc1cccc(NC(=O)Cn2c(COc3ccc(Cl)cc3)nc3ccccc32)c1. The fourth-order valence-electron chi connectivity index (χ4n) is 3.10. The number of nitriles is 1. The number of rotatable bonds is 6. The summed E-state index contributed by atoms with van der Waals surface area (Å²) in [6.45, 7) is 0.268. The van der Waals surface area contributed by atoms with E-state index in [2.05, 4.69) is 16.4 Å². The van der Waals surface area contributed by atoms with Crippen LogP contribution < -0.4 is 10.1 Å². The van der Waals surface area contributed by atoms with Gasteiger partial charge in [-0.3, -0.25) is 4.79 Å². The van der Waals surface area contributed by atoms with E-state index in [9.17, 15) is 4.79 Å². The number of halogens is 1. The van der Waals surface area contributed by atoms with E-state index in [-0.39, 0.29) is 19.1 Å². The number of nitrogens with one attached hydrogen (secondary N) is 1. The Kier molecular flexibility index (Phi) is 5.64. The van der Waals surface area contributed by atoms with Crippen molar-refractivity contribution in [2.75, 3.05) is 5.32 Å². The highest BCUT2D eigenvalue weighted by molar-refractivity contribution is 6.30. The molecule has 1 heterocycles. The molecule has 3 aromatic carbocycles. The van der Waals surface area contributed by atoms with Crippen LogP contribution in [0.5, 0.6) is 5.75 Å². The summed E-state index contributed by atoms with van der Waals surface area (Å²) in [6, 6.07) is 23.5. The second-order valence-electron chi connectivity index (χ2n) is 6.59. The monoisotopic (exact) mass is 416 g/mol. The van der Waals surface area contributed by atoms with E-state index in [0.29, 0.717) is 27.8 Å². The number of ether oxygens (including phenoxy) is 1. The topological polar surface area (TPSA) is 79.9 Å². The van der Waals surface area contributed by atoms with Crippen molar-refractivity contribution in [3.05, 3.63) is 89.2 Å². The molecule has 0 aliphatic rings. The molecule has 0 bridgehead atoms. The van der Waals surface area contributed by atoms with Gasteiger partial charge in [-0.05, 0) is 54.6 Å². The molecule has 0 saturated carbocycles. The average molecular weight is 417 g/mol. The Morgan fingerprint density at radius 3 is 2.70 bits per heavy atom. The summed E-state index contributed by atoms with van der Waals surface area (Å²) >= 11 is 5.92. The number of hydrogen-bond acceptors (Lipinski definition) is 4. The molecule has 1 N–H and O–H groups in total. The first-order valence-electron chi connectivity index (χ1n) is 9.25. The Morgan fingerprint density at radius 2 is 1.90 bits per heavy atom. The van der Waals surface area contributed by atoms with Crippen LogP contribution in [-0.4, -0.2) is 15.5 Å². The maximum atomic E-state index is 12.7. The van der Waals surface area contributed by atoms with Crippen molar-refractivity contribution in [2.45, 2.75) is 13.2 Å². The second kappa shape index (κ2) is 8.68. The van der Waals surface area contributed by atoms with Gasteiger partial charge in [-0.2, -0.15) is 5.26 Å². The second-order valence-corrected chi connectivity index (χ2v) is 7.02. The standard InChI is InChI=1S/C23H17ClN4O2/c24-17-8-10-19(11-9-17)30-15-22-27-20-6-1-2-7-21(20)28(22)14-23(29)26-18-5-3-4-16(12-18)13-25/h1-12H,14-15H2,(H,26,29). The number of aromatic nitrogens is 2. The van der Waals surface area contributed by atoms with E-state index in [0.717, 1.165) is 11.0 Å². The van der Waals surface area contributed by atoms with Crippen molar-refractivity contribution in [1.82, 2.24) is 9.55 Å². The number of nitrogens with zero attached hydrogens (tertiary/aromatic N) is 3. The van der Waals surface area contributed by atoms with E-state index in [4.69, 9.17) is 21.6 Å². The smallest absolute Gasteiger partial charge is 0.244 e. The summed E-state index contributed by atoms with van der Waals surface area (Å²) in [6.07, 6.45) is 0. The van der Waals surface area contributed by atoms with Crippen LogP contribution in [-0.2, 0) is 17.9 Å². The Balaban J connectivity index is 1.55. The molecule has 0 spiro atoms. The summed E-state index contributed by atoms with van der Waals surface area (Å²) in [5.41, 5.74) is 2.68. The van der Waals surface area contributed by atoms with Crippen molar-refractivity contribution in [2.24, 2.45) is 0 Å². The first kappa shape index (κ1) is 19.5. The number of anilines is 1. The summed E-state index contributed by atoms with van der Waals surface area (Å²) in [7, 11) is 0. The molecule has 0 aliphatic carbocycles. The summed E-state index contributed by atoms with van der Waals surface area (Å²) in [5, 5.41) is 12.5. The molecular weight excluding hydrogens is 400 g/mol. The van der Waals surface area contributed by atoms with Gasteiger partial charge >= 0.3 is 0 Å². The molecule has 0 saturated heterocycles. The third kappa shape index (κ3) is 4.43. The number of para-hydroxylation sites is 2. The van der Waals surface area contributed by atoms with Gasteiger partial charge in [0.1, 0.15) is 24.7 Å². The predicted octanol–water partition coefficient (Wildman–Crippen LogP) is 4.78. The molecule has 4 aromatic rings. The van der Waals surface area contributed by atoms with Crippen LogP contribution in [0.2, 0.25) is 5.02 Å². The number of hydrogen-bond donors (Lipinski definition) is 1. The lowest BCUT2D eigenvalue weighted by Crippen LogP contribution is -2.20. The Labute approximate surface area is 178 Å². The fraction of sp³-hybridized carbons (Fsp3) is 0.0870. The van der Waals surface area contributed by atoms with E-state index in [1.807, 2.05) is 28.8 Å². The van der Waals surface area contributed by atoms with Gasteiger partial charge < -0.3 is 14.6 Å². The first-order chi connectivity index (χ1) is 14.6. The lowest BCUT2D eigenvalue weighted by molar-refractivity contribution is -0.116. The van der Waals surface area contributed by atoms with Gasteiger partial charge in [0, 0.05) is 10.7 Å². The zero-order valence-corrected chi connectivity index (χ0v) is 16.6. The lowest BCUT2D eigenvalue weighted by Gasteiger charge is -2.11.